The fourth-order valence-electron chi connectivity index (χ4n) is 2.80. The topological polar surface area (TPSA) is 84.5 Å². The Hall–Kier alpha value is -2.80. The van der Waals surface area contributed by atoms with E-state index in [1.54, 1.807) is 18.2 Å². The van der Waals surface area contributed by atoms with Gasteiger partial charge in [-0.1, -0.05) is 25.1 Å². The Kier molecular flexibility index (Phi) is 5.81. The fraction of sp³-hybridized carbons (Fsp3) is 0.250. The van der Waals surface area contributed by atoms with E-state index < -0.39 is 11.9 Å². The van der Waals surface area contributed by atoms with Crippen molar-refractivity contribution in [3.05, 3.63) is 53.1 Å². The first-order chi connectivity index (χ1) is 13.0. The molecule has 0 unspecified atom stereocenters. The molecule has 0 saturated heterocycles. The van der Waals surface area contributed by atoms with Gasteiger partial charge in [-0.3, -0.25) is 9.59 Å². The van der Waals surface area contributed by atoms with Gasteiger partial charge < -0.3 is 15.4 Å². The average molecular weight is 384 g/mol. The van der Waals surface area contributed by atoms with Crippen LogP contribution in [0.4, 0.5) is 11.4 Å². The highest BCUT2D eigenvalue weighted by Gasteiger charge is 2.18. The van der Waals surface area contributed by atoms with Gasteiger partial charge in [0.1, 0.15) is 0 Å². The molecule has 7 heteroatoms. The molecule has 6 nitrogen and oxygen atoms in total. The predicted octanol–water partition coefficient (Wildman–Crippen LogP) is 3.40. The highest BCUT2D eigenvalue weighted by molar-refractivity contribution is 8.00. The summed E-state index contributed by atoms with van der Waals surface area (Å²) in [5.41, 5.74) is 3.61. The molecule has 2 aromatic carbocycles. The lowest BCUT2D eigenvalue weighted by atomic mass is 10.1. The number of fused-ring (bicyclic) bond motifs is 1. The van der Waals surface area contributed by atoms with Gasteiger partial charge in [-0.25, -0.2) is 4.79 Å². The van der Waals surface area contributed by atoms with Gasteiger partial charge in [0.05, 0.1) is 17.0 Å². The highest BCUT2D eigenvalue weighted by atomic mass is 32.2. The number of benzene rings is 2. The van der Waals surface area contributed by atoms with Gasteiger partial charge in [-0.15, -0.1) is 11.8 Å². The van der Waals surface area contributed by atoms with Crippen LogP contribution in [0, 0.1) is 6.92 Å². The summed E-state index contributed by atoms with van der Waals surface area (Å²) in [6, 6.07) is 10.8. The van der Waals surface area contributed by atoms with Crippen molar-refractivity contribution in [3.8, 4) is 0 Å². The van der Waals surface area contributed by atoms with Gasteiger partial charge in [-0.2, -0.15) is 0 Å². The minimum Gasteiger partial charge on any atom is -0.452 e. The van der Waals surface area contributed by atoms with Gasteiger partial charge >= 0.3 is 5.97 Å². The monoisotopic (exact) mass is 384 g/mol. The zero-order valence-corrected chi connectivity index (χ0v) is 15.9. The third-order valence-corrected chi connectivity index (χ3v) is 5.26. The number of esters is 1. The maximum absolute atomic E-state index is 12.2. The van der Waals surface area contributed by atoms with Gasteiger partial charge in [-0.05, 0) is 42.7 Å². The lowest BCUT2D eigenvalue weighted by Gasteiger charge is -2.16. The predicted molar refractivity (Wildman–Crippen MR) is 105 cm³/mol. The van der Waals surface area contributed by atoms with E-state index in [4.69, 9.17) is 4.74 Å². The summed E-state index contributed by atoms with van der Waals surface area (Å²) < 4.78 is 5.12. The Balaban J connectivity index is 1.62. The van der Waals surface area contributed by atoms with Crippen molar-refractivity contribution in [1.82, 2.24) is 0 Å². The second-order valence-electron chi connectivity index (χ2n) is 6.13. The van der Waals surface area contributed by atoms with Gasteiger partial charge in [0, 0.05) is 10.6 Å². The molecule has 0 atom stereocenters. The maximum atomic E-state index is 12.2. The van der Waals surface area contributed by atoms with Crippen LogP contribution in [-0.4, -0.2) is 30.1 Å². The first kappa shape index (κ1) is 19.0. The average Bonchev–Trinajstić information content (AvgIpc) is 2.67. The third-order valence-electron chi connectivity index (χ3n) is 4.19. The van der Waals surface area contributed by atoms with Crippen LogP contribution in [0.5, 0.6) is 0 Å². The molecule has 0 spiro atoms. The third kappa shape index (κ3) is 4.49. The van der Waals surface area contributed by atoms with E-state index >= 15 is 0 Å². The van der Waals surface area contributed by atoms with Crippen LogP contribution in [0.15, 0.2) is 41.3 Å². The molecule has 0 fully saturated rings. The van der Waals surface area contributed by atoms with Gasteiger partial charge in [0.2, 0.25) is 5.91 Å². The Morgan fingerprint density at radius 2 is 2.07 bits per heavy atom. The van der Waals surface area contributed by atoms with Crippen LogP contribution in [0.1, 0.15) is 28.4 Å². The second-order valence-corrected chi connectivity index (χ2v) is 7.15. The van der Waals surface area contributed by atoms with Gasteiger partial charge in [0.25, 0.3) is 5.91 Å². The van der Waals surface area contributed by atoms with Crippen molar-refractivity contribution in [1.29, 1.82) is 0 Å². The molecule has 1 heterocycles. The summed E-state index contributed by atoms with van der Waals surface area (Å²) in [7, 11) is 0. The Morgan fingerprint density at radius 1 is 1.26 bits per heavy atom. The number of carbonyl (C=O) groups excluding carboxylic acids is 3. The number of para-hydroxylation sites is 1. The number of thioether (sulfide) groups is 1. The Morgan fingerprint density at radius 3 is 2.85 bits per heavy atom. The molecule has 27 heavy (non-hydrogen) atoms. The number of hydrogen-bond donors (Lipinski definition) is 2. The number of hydrogen-bond acceptors (Lipinski definition) is 5. The summed E-state index contributed by atoms with van der Waals surface area (Å²) in [6.07, 6.45) is 0.788. The minimum atomic E-state index is -0.613. The van der Waals surface area contributed by atoms with Crippen LogP contribution < -0.4 is 10.6 Å². The molecular formula is C20H20N2O4S. The first-order valence-electron chi connectivity index (χ1n) is 8.60. The molecule has 0 bridgehead atoms. The standard InChI is InChI=1S/C20H20N2O4S/c1-3-13-6-4-5-12(2)19(13)22-17(23)10-26-20(25)14-7-8-16-15(9-14)21-18(24)11-27-16/h4-9H,3,10-11H2,1-2H3,(H,21,24)(H,22,23). The number of nitrogens with one attached hydrogen (secondary N) is 2. The van der Waals surface area contributed by atoms with Crippen molar-refractivity contribution < 1.29 is 19.1 Å². The zero-order valence-electron chi connectivity index (χ0n) is 15.1. The largest absolute Gasteiger partial charge is 0.452 e. The van der Waals surface area contributed by atoms with Crippen molar-refractivity contribution in [2.24, 2.45) is 0 Å². The summed E-state index contributed by atoms with van der Waals surface area (Å²) in [5.74, 6) is -0.759. The van der Waals surface area contributed by atoms with E-state index in [0.717, 1.165) is 28.1 Å². The van der Waals surface area contributed by atoms with Crippen LogP contribution in [-0.2, 0) is 20.7 Å². The van der Waals surface area contributed by atoms with E-state index in [1.165, 1.54) is 11.8 Å². The Labute approximate surface area is 161 Å². The van der Waals surface area contributed by atoms with Crippen molar-refractivity contribution in [2.75, 3.05) is 23.0 Å². The van der Waals surface area contributed by atoms with Crippen LogP contribution in [0.2, 0.25) is 0 Å². The number of ether oxygens (including phenoxy) is 1. The molecule has 0 aliphatic carbocycles. The fourth-order valence-corrected chi connectivity index (χ4v) is 3.59. The number of rotatable bonds is 5. The number of anilines is 2. The zero-order chi connectivity index (χ0) is 19.4. The summed E-state index contributed by atoms with van der Waals surface area (Å²) >= 11 is 1.41. The molecule has 2 aromatic rings. The van der Waals surface area contributed by atoms with Crippen molar-refractivity contribution in [3.63, 3.8) is 0 Å². The Bertz CT molecular complexity index is 911. The summed E-state index contributed by atoms with van der Waals surface area (Å²) in [5, 5.41) is 5.54. The molecule has 1 aliphatic heterocycles. The molecule has 1 aliphatic rings. The summed E-state index contributed by atoms with van der Waals surface area (Å²) in [6.45, 7) is 3.55. The molecule has 0 aromatic heterocycles. The molecule has 0 saturated carbocycles. The molecular weight excluding hydrogens is 364 g/mol. The maximum Gasteiger partial charge on any atom is 0.338 e. The van der Waals surface area contributed by atoms with E-state index in [1.807, 2.05) is 32.0 Å². The number of carbonyl (C=O) groups is 3. The smallest absolute Gasteiger partial charge is 0.338 e. The SMILES string of the molecule is CCc1cccc(C)c1NC(=O)COC(=O)c1ccc2c(c1)NC(=O)CS2. The highest BCUT2D eigenvalue weighted by Crippen LogP contribution is 2.32. The van der Waals surface area contributed by atoms with E-state index in [9.17, 15) is 14.4 Å². The van der Waals surface area contributed by atoms with Crippen molar-refractivity contribution in [2.45, 2.75) is 25.2 Å². The first-order valence-corrected chi connectivity index (χ1v) is 9.58. The van der Waals surface area contributed by atoms with E-state index in [-0.39, 0.29) is 18.1 Å². The van der Waals surface area contributed by atoms with Crippen LogP contribution in [0.25, 0.3) is 0 Å². The van der Waals surface area contributed by atoms with Crippen molar-refractivity contribution >= 4 is 40.9 Å². The molecule has 2 amide bonds. The van der Waals surface area contributed by atoms with Crippen LogP contribution in [0.3, 0.4) is 0 Å². The van der Waals surface area contributed by atoms with E-state index in [2.05, 4.69) is 10.6 Å². The normalized spacial score (nSPS) is 12.7. The molecule has 2 N–H and O–H groups in total. The van der Waals surface area contributed by atoms with Crippen LogP contribution >= 0.6 is 11.8 Å². The number of aryl methyl sites for hydroxylation is 2. The lowest BCUT2D eigenvalue weighted by molar-refractivity contribution is -0.119. The lowest BCUT2D eigenvalue weighted by Crippen LogP contribution is -2.22. The van der Waals surface area contributed by atoms with Gasteiger partial charge in [0.15, 0.2) is 6.61 Å². The molecule has 3 rings (SSSR count). The molecule has 0 radical (unpaired) electrons. The van der Waals surface area contributed by atoms with E-state index in [0.29, 0.717) is 11.4 Å². The number of amides is 2. The minimum absolute atomic E-state index is 0.109. The molecule has 140 valence electrons. The quantitative estimate of drug-likeness (QED) is 0.772. The second kappa shape index (κ2) is 8.26. The summed E-state index contributed by atoms with van der Waals surface area (Å²) in [4.78, 5) is 36.8.